The van der Waals surface area contributed by atoms with Crippen LogP contribution in [0.25, 0.3) is 10.8 Å². The van der Waals surface area contributed by atoms with Gasteiger partial charge in [-0.05, 0) is 59.8 Å². The van der Waals surface area contributed by atoms with Crippen LogP contribution in [0.3, 0.4) is 0 Å². The highest BCUT2D eigenvalue weighted by Gasteiger charge is 2.09. The van der Waals surface area contributed by atoms with Crippen molar-refractivity contribution in [1.82, 2.24) is 0 Å². The van der Waals surface area contributed by atoms with Crippen LogP contribution in [0.2, 0.25) is 0 Å². The van der Waals surface area contributed by atoms with Gasteiger partial charge in [0.2, 0.25) is 0 Å². The van der Waals surface area contributed by atoms with Crippen molar-refractivity contribution in [1.29, 1.82) is 0 Å². The third kappa shape index (κ3) is 6.74. The van der Waals surface area contributed by atoms with Crippen molar-refractivity contribution >= 4 is 28.5 Å². The molecule has 0 aliphatic heterocycles. The van der Waals surface area contributed by atoms with Crippen molar-refractivity contribution in [3.8, 4) is 0 Å². The van der Waals surface area contributed by atoms with E-state index in [4.69, 9.17) is 5.11 Å². The van der Waals surface area contributed by atoms with E-state index in [9.17, 15) is 4.79 Å². The lowest BCUT2D eigenvalue weighted by molar-refractivity contribution is -0.137. The molecule has 136 valence electrons. The summed E-state index contributed by atoms with van der Waals surface area (Å²) in [5.41, 5.74) is 1.48. The SMILES string of the molecule is CC(C)CCSc1ccc2ccccc2c1CCCCCCC(=O)O. The smallest absolute Gasteiger partial charge is 0.303 e. The fraction of sp³-hybridized carbons (Fsp3) is 0.500. The highest BCUT2D eigenvalue weighted by molar-refractivity contribution is 7.99. The number of unbranched alkanes of at least 4 members (excludes halogenated alkanes) is 3. The Labute approximate surface area is 156 Å². The molecule has 2 nitrogen and oxygen atoms in total. The number of thioether (sulfide) groups is 1. The first kappa shape index (κ1) is 19.8. The lowest BCUT2D eigenvalue weighted by atomic mass is 9.99. The minimum atomic E-state index is -0.683. The topological polar surface area (TPSA) is 37.3 Å². The molecule has 0 heterocycles. The number of carbonyl (C=O) groups is 1. The summed E-state index contributed by atoms with van der Waals surface area (Å²) in [5.74, 6) is 1.23. The monoisotopic (exact) mass is 358 g/mol. The molecule has 0 amide bonds. The fourth-order valence-corrected chi connectivity index (χ4v) is 4.40. The summed E-state index contributed by atoms with van der Waals surface area (Å²) in [6.07, 6.45) is 6.65. The molecule has 3 heteroatoms. The number of fused-ring (bicyclic) bond motifs is 1. The van der Waals surface area contributed by atoms with Gasteiger partial charge in [0.05, 0.1) is 0 Å². The van der Waals surface area contributed by atoms with Crippen LogP contribution in [-0.2, 0) is 11.2 Å². The van der Waals surface area contributed by atoms with Crippen LogP contribution in [0.5, 0.6) is 0 Å². The molecule has 25 heavy (non-hydrogen) atoms. The first-order valence-electron chi connectivity index (χ1n) is 9.43. The van der Waals surface area contributed by atoms with Gasteiger partial charge in [-0.15, -0.1) is 11.8 Å². The van der Waals surface area contributed by atoms with Crippen molar-refractivity contribution in [3.05, 3.63) is 42.0 Å². The Hall–Kier alpha value is -1.48. The van der Waals surface area contributed by atoms with Gasteiger partial charge < -0.3 is 5.11 Å². The maximum Gasteiger partial charge on any atom is 0.303 e. The number of carboxylic acids is 1. The summed E-state index contributed by atoms with van der Waals surface area (Å²) in [6, 6.07) is 13.2. The maximum absolute atomic E-state index is 10.6. The van der Waals surface area contributed by atoms with Gasteiger partial charge >= 0.3 is 5.97 Å². The standard InChI is InChI=1S/C22H30O2S/c1-17(2)15-16-25-21-14-13-18-9-7-8-10-19(18)20(21)11-5-3-4-6-12-22(23)24/h7-10,13-14,17H,3-6,11-12,15-16H2,1-2H3,(H,23,24). The summed E-state index contributed by atoms with van der Waals surface area (Å²) >= 11 is 1.98. The van der Waals surface area contributed by atoms with Crippen LogP contribution in [0.4, 0.5) is 0 Å². The number of aliphatic carboxylic acids is 1. The largest absolute Gasteiger partial charge is 0.481 e. The van der Waals surface area contributed by atoms with E-state index in [0.717, 1.165) is 38.0 Å². The van der Waals surface area contributed by atoms with Gasteiger partial charge in [0.15, 0.2) is 0 Å². The number of carboxylic acid groups (broad SMARTS) is 1. The van der Waals surface area contributed by atoms with Gasteiger partial charge in [0.25, 0.3) is 0 Å². The van der Waals surface area contributed by atoms with Crippen LogP contribution in [0, 0.1) is 5.92 Å². The molecule has 0 fully saturated rings. The zero-order valence-electron chi connectivity index (χ0n) is 15.5. The van der Waals surface area contributed by atoms with Crippen molar-refractivity contribution < 1.29 is 9.90 Å². The van der Waals surface area contributed by atoms with Crippen molar-refractivity contribution in [3.63, 3.8) is 0 Å². The zero-order valence-corrected chi connectivity index (χ0v) is 16.3. The Kier molecular flexibility index (Phi) is 8.33. The number of hydrogen-bond donors (Lipinski definition) is 1. The molecule has 2 rings (SSSR count). The first-order chi connectivity index (χ1) is 12.1. The Morgan fingerprint density at radius 3 is 2.56 bits per heavy atom. The van der Waals surface area contributed by atoms with Gasteiger partial charge in [0, 0.05) is 11.3 Å². The summed E-state index contributed by atoms with van der Waals surface area (Å²) in [7, 11) is 0. The van der Waals surface area contributed by atoms with Crippen molar-refractivity contribution in [2.75, 3.05) is 5.75 Å². The predicted molar refractivity (Wildman–Crippen MR) is 109 cm³/mol. The Balaban J connectivity index is 2.01. The van der Waals surface area contributed by atoms with Gasteiger partial charge in [-0.25, -0.2) is 0 Å². The van der Waals surface area contributed by atoms with Crippen LogP contribution in [0.15, 0.2) is 41.3 Å². The van der Waals surface area contributed by atoms with Crippen LogP contribution >= 0.6 is 11.8 Å². The van der Waals surface area contributed by atoms with Gasteiger partial charge in [-0.1, -0.05) is 57.0 Å². The van der Waals surface area contributed by atoms with E-state index in [1.165, 1.54) is 33.4 Å². The van der Waals surface area contributed by atoms with E-state index >= 15 is 0 Å². The Morgan fingerprint density at radius 2 is 1.80 bits per heavy atom. The second-order valence-electron chi connectivity index (χ2n) is 7.10. The summed E-state index contributed by atoms with van der Waals surface area (Å²) in [5, 5.41) is 11.4. The highest BCUT2D eigenvalue weighted by atomic mass is 32.2. The molecular weight excluding hydrogens is 328 g/mol. The average Bonchev–Trinajstić information content (AvgIpc) is 2.58. The highest BCUT2D eigenvalue weighted by Crippen LogP contribution is 2.32. The molecule has 0 aliphatic carbocycles. The third-order valence-corrected chi connectivity index (χ3v) is 5.65. The van der Waals surface area contributed by atoms with Crippen LogP contribution in [0.1, 0.15) is 57.9 Å². The first-order valence-corrected chi connectivity index (χ1v) is 10.4. The molecule has 0 bridgehead atoms. The summed E-state index contributed by atoms with van der Waals surface area (Å²) < 4.78 is 0. The molecule has 2 aromatic carbocycles. The molecular formula is C22H30O2S. The molecule has 0 spiro atoms. The number of hydrogen-bond acceptors (Lipinski definition) is 2. The van der Waals surface area contributed by atoms with E-state index in [1.54, 1.807) is 0 Å². The van der Waals surface area contributed by atoms with E-state index in [2.05, 4.69) is 50.2 Å². The lowest BCUT2D eigenvalue weighted by Crippen LogP contribution is -1.96. The van der Waals surface area contributed by atoms with Crippen LogP contribution < -0.4 is 0 Å². The number of aryl methyl sites for hydroxylation is 1. The number of benzene rings is 2. The van der Waals surface area contributed by atoms with Crippen molar-refractivity contribution in [2.24, 2.45) is 5.92 Å². The molecule has 0 aromatic heterocycles. The van der Waals surface area contributed by atoms with Gasteiger partial charge in [-0.2, -0.15) is 0 Å². The van der Waals surface area contributed by atoms with E-state index < -0.39 is 5.97 Å². The van der Waals surface area contributed by atoms with Gasteiger partial charge in [-0.3, -0.25) is 4.79 Å². The van der Waals surface area contributed by atoms with E-state index in [1.807, 2.05) is 11.8 Å². The molecule has 1 N–H and O–H groups in total. The van der Waals surface area contributed by atoms with E-state index in [0.29, 0.717) is 6.42 Å². The van der Waals surface area contributed by atoms with Gasteiger partial charge in [0.1, 0.15) is 0 Å². The minimum absolute atomic E-state index is 0.296. The maximum atomic E-state index is 10.6. The molecule has 0 aliphatic rings. The van der Waals surface area contributed by atoms with Crippen molar-refractivity contribution in [2.45, 2.75) is 63.7 Å². The lowest BCUT2D eigenvalue weighted by Gasteiger charge is -2.14. The molecule has 0 saturated heterocycles. The minimum Gasteiger partial charge on any atom is -0.481 e. The third-order valence-electron chi connectivity index (χ3n) is 4.52. The summed E-state index contributed by atoms with van der Waals surface area (Å²) in [6.45, 7) is 4.55. The quantitative estimate of drug-likeness (QED) is 0.365. The predicted octanol–water partition coefficient (Wildman–Crippen LogP) is 6.56. The molecule has 0 atom stereocenters. The molecule has 2 aromatic rings. The molecule has 0 saturated carbocycles. The molecule has 0 radical (unpaired) electrons. The van der Waals surface area contributed by atoms with E-state index in [-0.39, 0.29) is 0 Å². The second-order valence-corrected chi connectivity index (χ2v) is 8.24. The van der Waals surface area contributed by atoms with Crippen LogP contribution in [-0.4, -0.2) is 16.8 Å². The second kappa shape index (κ2) is 10.5. The number of rotatable bonds is 11. The Morgan fingerprint density at radius 1 is 1.04 bits per heavy atom. The molecule has 0 unspecified atom stereocenters. The summed E-state index contributed by atoms with van der Waals surface area (Å²) in [4.78, 5) is 12.0. The zero-order chi connectivity index (χ0) is 18.1. The fourth-order valence-electron chi connectivity index (χ4n) is 3.05. The average molecular weight is 359 g/mol. The normalized spacial score (nSPS) is 11.3. The Bertz CT molecular complexity index is 679.